The fourth-order valence-electron chi connectivity index (χ4n) is 4.54. The number of piperidine rings is 1. The Morgan fingerprint density at radius 3 is 2.67 bits per heavy atom. The van der Waals surface area contributed by atoms with Crippen molar-refractivity contribution >= 4 is 31.9 Å². The summed E-state index contributed by atoms with van der Waals surface area (Å²) in [5, 5.41) is 17.2. The van der Waals surface area contributed by atoms with Crippen LogP contribution in [-0.2, 0) is 6.42 Å². The van der Waals surface area contributed by atoms with Gasteiger partial charge in [-0.05, 0) is 95.5 Å². The van der Waals surface area contributed by atoms with Gasteiger partial charge in [-0.1, -0.05) is 15.9 Å². The molecule has 0 radical (unpaired) electrons. The van der Waals surface area contributed by atoms with E-state index < -0.39 is 0 Å². The van der Waals surface area contributed by atoms with Gasteiger partial charge in [0.1, 0.15) is 5.75 Å². The Bertz CT molecular complexity index is 708. The minimum Gasteiger partial charge on any atom is -0.508 e. The molecule has 0 aromatic heterocycles. The summed E-state index contributed by atoms with van der Waals surface area (Å²) in [6, 6.07) is 4.17. The second-order valence-electron chi connectivity index (χ2n) is 7.01. The van der Waals surface area contributed by atoms with Crippen molar-refractivity contribution in [2.75, 3.05) is 13.1 Å². The van der Waals surface area contributed by atoms with E-state index in [2.05, 4.69) is 54.8 Å². The molecule has 1 aromatic rings. The predicted molar refractivity (Wildman–Crippen MR) is 104 cm³/mol. The van der Waals surface area contributed by atoms with Crippen LogP contribution < -0.4 is 10.6 Å². The zero-order valence-corrected chi connectivity index (χ0v) is 16.7. The molecular formula is C19H22Br2N2O. The van der Waals surface area contributed by atoms with Gasteiger partial charge in [-0.3, -0.25) is 0 Å². The quantitative estimate of drug-likeness (QED) is 0.593. The zero-order valence-electron chi connectivity index (χ0n) is 13.5. The molecule has 1 saturated heterocycles. The van der Waals surface area contributed by atoms with Crippen molar-refractivity contribution in [2.45, 2.75) is 37.6 Å². The second kappa shape index (κ2) is 6.85. The number of hydrogen-bond donors (Lipinski definition) is 3. The van der Waals surface area contributed by atoms with E-state index in [9.17, 15) is 5.11 Å². The molecule has 2 heterocycles. The molecule has 24 heavy (non-hydrogen) atoms. The third kappa shape index (κ3) is 3.06. The standard InChI is InChI=1S/C19H22Br2N2O/c20-14-7-13-2-1-12-8-15(24)9-16(21)17(12)18(19(13)23-10-14)11-3-5-22-6-4-11/h7-11,18-19,22-24H,1-6H2. The van der Waals surface area contributed by atoms with Gasteiger partial charge < -0.3 is 15.7 Å². The van der Waals surface area contributed by atoms with Crippen LogP contribution in [-0.4, -0.2) is 24.2 Å². The van der Waals surface area contributed by atoms with Gasteiger partial charge in [0.15, 0.2) is 0 Å². The molecule has 3 nitrogen and oxygen atoms in total. The highest BCUT2D eigenvalue weighted by Gasteiger charge is 2.38. The van der Waals surface area contributed by atoms with Gasteiger partial charge in [0.2, 0.25) is 0 Å². The number of fused-ring (bicyclic) bond motifs is 2. The van der Waals surface area contributed by atoms with Crippen LogP contribution >= 0.6 is 31.9 Å². The van der Waals surface area contributed by atoms with Crippen LogP contribution in [0, 0.1) is 5.92 Å². The first-order valence-electron chi connectivity index (χ1n) is 8.67. The lowest BCUT2D eigenvalue weighted by atomic mass is 9.73. The number of benzene rings is 1. The van der Waals surface area contributed by atoms with Crippen LogP contribution in [0.25, 0.3) is 0 Å². The highest BCUT2D eigenvalue weighted by molar-refractivity contribution is 9.12. The molecule has 5 heteroatoms. The van der Waals surface area contributed by atoms with E-state index in [1.807, 2.05) is 12.1 Å². The number of nitrogens with one attached hydrogen (secondary N) is 2. The highest BCUT2D eigenvalue weighted by atomic mass is 79.9. The molecule has 2 unspecified atom stereocenters. The normalized spacial score (nSPS) is 27.2. The van der Waals surface area contributed by atoms with E-state index in [1.54, 1.807) is 0 Å². The Labute approximate surface area is 159 Å². The van der Waals surface area contributed by atoms with Gasteiger partial charge in [0.25, 0.3) is 0 Å². The Balaban J connectivity index is 1.83. The maximum Gasteiger partial charge on any atom is 0.116 e. The summed E-state index contributed by atoms with van der Waals surface area (Å²) in [5.41, 5.74) is 4.15. The van der Waals surface area contributed by atoms with Crippen molar-refractivity contribution < 1.29 is 5.11 Å². The molecular weight excluding hydrogens is 432 g/mol. The van der Waals surface area contributed by atoms with Crippen molar-refractivity contribution in [3.8, 4) is 5.75 Å². The van der Waals surface area contributed by atoms with Crippen LogP contribution in [0.5, 0.6) is 5.75 Å². The zero-order chi connectivity index (χ0) is 16.7. The van der Waals surface area contributed by atoms with E-state index in [0.717, 1.165) is 34.9 Å². The number of aromatic hydroxyl groups is 1. The molecule has 0 bridgehead atoms. The van der Waals surface area contributed by atoms with Crippen LogP contribution in [0.15, 0.2) is 38.9 Å². The fourth-order valence-corrected chi connectivity index (χ4v) is 5.72. The number of phenolic OH excluding ortho intramolecular Hbond substituents is 1. The van der Waals surface area contributed by atoms with Gasteiger partial charge in [0.05, 0.1) is 6.04 Å². The van der Waals surface area contributed by atoms with Crippen molar-refractivity contribution in [1.29, 1.82) is 0 Å². The van der Waals surface area contributed by atoms with Crippen LogP contribution in [0.1, 0.15) is 36.3 Å². The number of halogens is 2. The summed E-state index contributed by atoms with van der Waals surface area (Å²) in [6.45, 7) is 2.19. The summed E-state index contributed by atoms with van der Waals surface area (Å²) in [7, 11) is 0. The number of phenols is 1. The first-order valence-corrected chi connectivity index (χ1v) is 10.3. The molecule has 2 aliphatic heterocycles. The predicted octanol–water partition coefficient (Wildman–Crippen LogP) is 4.32. The molecule has 3 aliphatic rings. The average Bonchev–Trinajstić information content (AvgIpc) is 2.72. The summed E-state index contributed by atoms with van der Waals surface area (Å²) >= 11 is 7.37. The average molecular weight is 454 g/mol. The molecule has 0 amide bonds. The molecule has 0 spiro atoms. The molecule has 1 aromatic carbocycles. The summed E-state index contributed by atoms with van der Waals surface area (Å²) in [5.74, 6) is 1.44. The highest BCUT2D eigenvalue weighted by Crippen LogP contribution is 2.46. The van der Waals surface area contributed by atoms with Crippen molar-refractivity contribution in [3.63, 3.8) is 0 Å². The van der Waals surface area contributed by atoms with Crippen molar-refractivity contribution in [1.82, 2.24) is 10.6 Å². The van der Waals surface area contributed by atoms with E-state index in [-0.39, 0.29) is 0 Å². The molecule has 2 atom stereocenters. The van der Waals surface area contributed by atoms with Crippen LogP contribution in [0.2, 0.25) is 0 Å². The van der Waals surface area contributed by atoms with Gasteiger partial charge >= 0.3 is 0 Å². The molecule has 1 aliphatic carbocycles. The topological polar surface area (TPSA) is 44.3 Å². The first kappa shape index (κ1) is 16.7. The van der Waals surface area contributed by atoms with Crippen LogP contribution in [0.3, 0.4) is 0 Å². The van der Waals surface area contributed by atoms with E-state index in [4.69, 9.17) is 0 Å². The molecule has 0 saturated carbocycles. The van der Waals surface area contributed by atoms with Gasteiger partial charge in [0, 0.05) is 21.1 Å². The molecule has 3 N–H and O–H groups in total. The third-order valence-corrected chi connectivity index (χ3v) is 6.70. The lowest BCUT2D eigenvalue weighted by molar-refractivity contribution is 0.287. The Hall–Kier alpha value is -0.780. The van der Waals surface area contributed by atoms with Gasteiger partial charge in [-0.2, -0.15) is 0 Å². The summed E-state index contributed by atoms with van der Waals surface area (Å²) < 4.78 is 2.17. The Morgan fingerprint density at radius 2 is 1.88 bits per heavy atom. The van der Waals surface area contributed by atoms with E-state index in [0.29, 0.717) is 23.6 Å². The lowest BCUT2D eigenvalue weighted by Crippen LogP contribution is -2.41. The van der Waals surface area contributed by atoms with E-state index in [1.165, 1.54) is 29.5 Å². The smallest absolute Gasteiger partial charge is 0.116 e. The molecule has 4 rings (SSSR count). The molecule has 128 valence electrons. The number of rotatable bonds is 1. The Morgan fingerprint density at radius 1 is 1.08 bits per heavy atom. The molecule has 1 fully saturated rings. The largest absolute Gasteiger partial charge is 0.508 e. The summed E-state index contributed by atoms with van der Waals surface area (Å²) in [4.78, 5) is 0. The van der Waals surface area contributed by atoms with Crippen molar-refractivity contribution in [2.24, 2.45) is 5.92 Å². The van der Waals surface area contributed by atoms with Gasteiger partial charge in [-0.15, -0.1) is 0 Å². The third-order valence-electron chi connectivity index (χ3n) is 5.59. The number of allylic oxidation sites excluding steroid dienone is 2. The maximum absolute atomic E-state index is 10.1. The Kier molecular flexibility index (Phi) is 4.76. The number of dihydropyridines is 1. The maximum atomic E-state index is 10.1. The minimum absolute atomic E-state index is 0.344. The van der Waals surface area contributed by atoms with Crippen LogP contribution in [0.4, 0.5) is 0 Å². The fraction of sp³-hybridized carbons (Fsp3) is 0.474. The monoisotopic (exact) mass is 452 g/mol. The first-order chi connectivity index (χ1) is 11.6. The SMILES string of the molecule is Oc1cc(Br)c2c(c1)CCC1=CC(Br)=CNC1C2C1CCNCC1. The minimum atomic E-state index is 0.344. The van der Waals surface area contributed by atoms with Crippen molar-refractivity contribution in [3.05, 3.63) is 50.1 Å². The van der Waals surface area contributed by atoms with Gasteiger partial charge in [-0.25, -0.2) is 0 Å². The lowest BCUT2D eigenvalue weighted by Gasteiger charge is -2.38. The number of hydrogen-bond acceptors (Lipinski definition) is 3. The summed E-state index contributed by atoms with van der Waals surface area (Å²) in [6.07, 6.45) is 8.79. The number of aryl methyl sites for hydroxylation is 1. The van der Waals surface area contributed by atoms with E-state index >= 15 is 0 Å². The second-order valence-corrected chi connectivity index (χ2v) is 8.78.